The van der Waals surface area contributed by atoms with E-state index in [1.54, 1.807) is 12.4 Å². The summed E-state index contributed by atoms with van der Waals surface area (Å²) in [6.07, 6.45) is 5.56. The fourth-order valence-corrected chi connectivity index (χ4v) is 1.91. The molecule has 0 radical (unpaired) electrons. The number of aromatic nitrogens is 1. The van der Waals surface area contributed by atoms with Gasteiger partial charge in [-0.05, 0) is 17.7 Å². The molecule has 1 aromatic heterocycles. The fourth-order valence-electron chi connectivity index (χ4n) is 1.91. The summed E-state index contributed by atoms with van der Waals surface area (Å²) in [6, 6.07) is 14.5. The van der Waals surface area contributed by atoms with Gasteiger partial charge >= 0.3 is 0 Å². The van der Waals surface area contributed by atoms with E-state index in [0.717, 1.165) is 5.69 Å². The van der Waals surface area contributed by atoms with Crippen molar-refractivity contribution >= 4 is 18.1 Å². The van der Waals surface area contributed by atoms with E-state index in [0.29, 0.717) is 0 Å². The van der Waals surface area contributed by atoms with E-state index in [-0.39, 0.29) is 18.4 Å². The molecule has 0 saturated heterocycles. The molecule has 1 heterocycles. The summed E-state index contributed by atoms with van der Waals surface area (Å²) in [6.45, 7) is 3.93. The first-order valence-corrected chi connectivity index (χ1v) is 5.63. The van der Waals surface area contributed by atoms with Gasteiger partial charge in [-0.15, -0.1) is 19.0 Å². The lowest BCUT2D eigenvalue weighted by atomic mass is 10.1. The smallest absolute Gasteiger partial charge is 0.0720 e. The normalized spacial score (nSPS) is 11.2. The van der Waals surface area contributed by atoms with Gasteiger partial charge in [-0.1, -0.05) is 36.4 Å². The lowest BCUT2D eigenvalue weighted by Gasteiger charge is -2.27. The average Bonchev–Trinajstić information content (AvgIpc) is 2.42. The highest BCUT2D eigenvalue weighted by Gasteiger charge is 2.13. The Hall–Kier alpha value is -1.80. The first-order valence-electron chi connectivity index (χ1n) is 5.63. The van der Waals surface area contributed by atoms with Crippen LogP contribution in [0.2, 0.25) is 0 Å². The number of halogens is 1. The highest BCUT2D eigenvalue weighted by Crippen LogP contribution is 2.25. The highest BCUT2D eigenvalue weighted by molar-refractivity contribution is 5.85. The Morgan fingerprint density at radius 3 is 2.28 bits per heavy atom. The number of anilines is 1. The lowest BCUT2D eigenvalue weighted by Crippen LogP contribution is -2.22. The van der Waals surface area contributed by atoms with E-state index in [9.17, 15) is 0 Å². The Balaban J connectivity index is 0.00000162. The van der Waals surface area contributed by atoms with Crippen molar-refractivity contribution in [2.45, 2.75) is 6.04 Å². The molecule has 0 bridgehead atoms. The van der Waals surface area contributed by atoms with Gasteiger partial charge in [0.2, 0.25) is 0 Å². The molecule has 2 nitrogen and oxygen atoms in total. The van der Waals surface area contributed by atoms with Crippen molar-refractivity contribution in [3.63, 3.8) is 0 Å². The number of hydrogen-bond acceptors (Lipinski definition) is 2. The molecule has 0 spiro atoms. The van der Waals surface area contributed by atoms with Crippen LogP contribution in [0.3, 0.4) is 0 Å². The number of nitrogens with zero attached hydrogens (tertiary/aromatic N) is 2. The van der Waals surface area contributed by atoms with Crippen LogP contribution in [-0.2, 0) is 0 Å². The van der Waals surface area contributed by atoms with E-state index in [4.69, 9.17) is 0 Å². The largest absolute Gasteiger partial charge is 0.364 e. The minimum atomic E-state index is 0. The predicted octanol–water partition coefficient (Wildman–Crippen LogP) is 3.87. The van der Waals surface area contributed by atoms with Crippen LogP contribution in [0.4, 0.5) is 5.69 Å². The molecule has 1 atom stereocenters. The van der Waals surface area contributed by atoms with Gasteiger partial charge in [0.15, 0.2) is 0 Å². The van der Waals surface area contributed by atoms with Crippen LogP contribution in [0.25, 0.3) is 0 Å². The molecular formula is C15H17ClN2. The van der Waals surface area contributed by atoms with E-state index < -0.39 is 0 Å². The molecule has 0 N–H and O–H groups in total. The zero-order chi connectivity index (χ0) is 12.1. The van der Waals surface area contributed by atoms with Crippen molar-refractivity contribution in [3.8, 4) is 0 Å². The molecule has 1 unspecified atom stereocenters. The second-order valence-corrected chi connectivity index (χ2v) is 3.91. The third-order valence-corrected chi connectivity index (χ3v) is 2.85. The van der Waals surface area contributed by atoms with Gasteiger partial charge in [-0.25, -0.2) is 0 Å². The van der Waals surface area contributed by atoms with Gasteiger partial charge in [0.25, 0.3) is 0 Å². The number of benzene rings is 1. The third-order valence-electron chi connectivity index (χ3n) is 2.85. The van der Waals surface area contributed by atoms with Gasteiger partial charge in [0.1, 0.15) is 0 Å². The Labute approximate surface area is 114 Å². The molecule has 2 aromatic rings. The summed E-state index contributed by atoms with van der Waals surface area (Å²) < 4.78 is 0. The molecular weight excluding hydrogens is 244 g/mol. The molecule has 18 heavy (non-hydrogen) atoms. The second-order valence-electron chi connectivity index (χ2n) is 3.91. The molecule has 1 aromatic carbocycles. The monoisotopic (exact) mass is 260 g/mol. The van der Waals surface area contributed by atoms with Crippen LogP contribution in [0.1, 0.15) is 11.6 Å². The maximum atomic E-state index is 4.03. The standard InChI is InChI=1S/C15H16N2.ClH/c1-3-15(13-7-5-4-6-8-13)17(2)14-9-11-16-12-10-14;/h3-12,15H,1H2,2H3;1H. The van der Waals surface area contributed by atoms with E-state index in [2.05, 4.69) is 35.6 Å². The maximum absolute atomic E-state index is 4.03. The molecule has 0 saturated carbocycles. The molecule has 2 rings (SSSR count). The van der Waals surface area contributed by atoms with Crippen LogP contribution < -0.4 is 4.90 Å². The van der Waals surface area contributed by atoms with E-state index >= 15 is 0 Å². The quantitative estimate of drug-likeness (QED) is 0.776. The predicted molar refractivity (Wildman–Crippen MR) is 79.3 cm³/mol. The van der Waals surface area contributed by atoms with Gasteiger partial charge < -0.3 is 4.90 Å². The molecule has 0 aliphatic heterocycles. The van der Waals surface area contributed by atoms with E-state index in [1.165, 1.54) is 5.56 Å². The summed E-state index contributed by atoms with van der Waals surface area (Å²) >= 11 is 0. The zero-order valence-corrected chi connectivity index (χ0v) is 11.2. The Kier molecular flexibility index (Phi) is 5.40. The summed E-state index contributed by atoms with van der Waals surface area (Å²) in [5, 5.41) is 0. The van der Waals surface area contributed by atoms with Gasteiger partial charge in [-0.2, -0.15) is 0 Å². The molecule has 94 valence electrons. The molecule has 0 fully saturated rings. The van der Waals surface area contributed by atoms with Crippen LogP contribution in [0.15, 0.2) is 67.5 Å². The maximum Gasteiger partial charge on any atom is 0.0720 e. The number of rotatable bonds is 4. The van der Waals surface area contributed by atoms with Crippen molar-refractivity contribution in [2.75, 3.05) is 11.9 Å². The SMILES string of the molecule is C=CC(c1ccccc1)N(C)c1ccncc1.Cl. The summed E-state index contributed by atoms with van der Waals surface area (Å²) in [4.78, 5) is 6.22. The number of pyridine rings is 1. The van der Waals surface area contributed by atoms with Gasteiger partial charge in [-0.3, -0.25) is 4.98 Å². The van der Waals surface area contributed by atoms with Crippen LogP contribution in [-0.4, -0.2) is 12.0 Å². The third kappa shape index (κ3) is 3.11. The lowest BCUT2D eigenvalue weighted by molar-refractivity contribution is 0.811. The Morgan fingerprint density at radius 1 is 1.11 bits per heavy atom. The molecule has 0 aliphatic carbocycles. The minimum absolute atomic E-state index is 0. The number of likely N-dealkylation sites (N-methyl/N-ethyl adjacent to an activating group) is 1. The Bertz CT molecular complexity index is 470. The first kappa shape index (κ1) is 14.3. The Morgan fingerprint density at radius 2 is 1.72 bits per heavy atom. The zero-order valence-electron chi connectivity index (χ0n) is 10.4. The summed E-state index contributed by atoms with van der Waals surface area (Å²) in [5.41, 5.74) is 2.37. The van der Waals surface area contributed by atoms with Crippen molar-refractivity contribution in [3.05, 3.63) is 73.1 Å². The highest BCUT2D eigenvalue weighted by atomic mass is 35.5. The molecule has 0 aliphatic rings. The average molecular weight is 261 g/mol. The van der Waals surface area contributed by atoms with Crippen molar-refractivity contribution in [2.24, 2.45) is 0 Å². The molecule has 3 heteroatoms. The fraction of sp³-hybridized carbons (Fsp3) is 0.133. The van der Waals surface area contributed by atoms with Crippen molar-refractivity contribution < 1.29 is 0 Å². The van der Waals surface area contributed by atoms with Crippen LogP contribution in [0.5, 0.6) is 0 Å². The second kappa shape index (κ2) is 6.82. The summed E-state index contributed by atoms with van der Waals surface area (Å²) in [5.74, 6) is 0. The first-order chi connectivity index (χ1) is 8.33. The van der Waals surface area contributed by atoms with Crippen molar-refractivity contribution in [1.29, 1.82) is 0 Å². The minimum Gasteiger partial charge on any atom is -0.364 e. The van der Waals surface area contributed by atoms with E-state index in [1.807, 2.05) is 36.4 Å². The summed E-state index contributed by atoms with van der Waals surface area (Å²) in [7, 11) is 2.06. The van der Waals surface area contributed by atoms with Crippen molar-refractivity contribution in [1.82, 2.24) is 4.98 Å². The van der Waals surface area contributed by atoms with Crippen LogP contribution >= 0.6 is 12.4 Å². The van der Waals surface area contributed by atoms with Gasteiger partial charge in [0.05, 0.1) is 6.04 Å². The van der Waals surface area contributed by atoms with Gasteiger partial charge in [0, 0.05) is 25.1 Å². The number of hydrogen-bond donors (Lipinski definition) is 0. The van der Waals surface area contributed by atoms with Crippen LogP contribution in [0, 0.1) is 0 Å². The molecule has 0 amide bonds. The topological polar surface area (TPSA) is 16.1 Å².